The maximum atomic E-state index is 13.0. The van der Waals surface area contributed by atoms with Crippen molar-refractivity contribution >= 4 is 27.3 Å². The molecule has 0 bridgehead atoms. The van der Waals surface area contributed by atoms with Gasteiger partial charge in [-0.05, 0) is 38.5 Å². The third-order valence-corrected chi connectivity index (χ3v) is 8.72. The Morgan fingerprint density at radius 1 is 1.22 bits per heavy atom. The topological polar surface area (TPSA) is 111 Å². The first-order valence-electron chi connectivity index (χ1n) is 10.9. The second-order valence-corrected chi connectivity index (χ2v) is 10.7. The van der Waals surface area contributed by atoms with E-state index in [2.05, 4.69) is 15.5 Å². The lowest BCUT2D eigenvalue weighted by molar-refractivity contribution is 0.0595. The average molecular weight is 485 g/mol. The zero-order valence-electron chi connectivity index (χ0n) is 18.3. The molecule has 0 spiro atoms. The Labute approximate surface area is 192 Å². The first-order valence-corrected chi connectivity index (χ1v) is 12.7. The van der Waals surface area contributed by atoms with E-state index >= 15 is 0 Å². The molecule has 2 saturated heterocycles. The molecule has 176 valence electrons. The normalized spacial score (nSPS) is 21.0. The number of nitrogens with zero attached hydrogens (tertiary/aromatic N) is 5. The Balaban J connectivity index is 1.41. The van der Waals surface area contributed by atoms with Crippen molar-refractivity contribution in [2.75, 3.05) is 38.2 Å². The molecule has 2 aliphatic rings. The second kappa shape index (κ2) is 9.50. The molecule has 0 saturated carbocycles. The molecule has 2 fully saturated rings. The number of sulfonamides is 1. The van der Waals surface area contributed by atoms with Crippen LogP contribution in [0.5, 0.6) is 0 Å². The highest BCUT2D eigenvalue weighted by Crippen LogP contribution is 2.28. The maximum absolute atomic E-state index is 13.0. The molecule has 0 unspecified atom stereocenters. The minimum Gasteiger partial charge on any atom is -0.382 e. The number of anilines is 1. The quantitative estimate of drug-likeness (QED) is 0.665. The van der Waals surface area contributed by atoms with E-state index in [4.69, 9.17) is 16.3 Å². The Morgan fingerprint density at radius 2 is 1.97 bits per heavy atom. The van der Waals surface area contributed by atoms with Gasteiger partial charge in [-0.25, -0.2) is 13.1 Å². The average Bonchev–Trinajstić information content (AvgIpc) is 3.14. The lowest BCUT2D eigenvalue weighted by atomic mass is 10.0. The van der Waals surface area contributed by atoms with Crippen LogP contribution >= 0.6 is 11.6 Å². The van der Waals surface area contributed by atoms with Crippen LogP contribution in [0.1, 0.15) is 37.4 Å². The van der Waals surface area contributed by atoms with Gasteiger partial charge in [0, 0.05) is 33.3 Å². The largest absolute Gasteiger partial charge is 0.382 e. The van der Waals surface area contributed by atoms with Crippen LogP contribution < -0.4 is 10.9 Å². The zero-order chi connectivity index (χ0) is 22.9. The summed E-state index contributed by atoms with van der Waals surface area (Å²) in [5, 5.41) is 11.7. The van der Waals surface area contributed by atoms with Gasteiger partial charge < -0.3 is 10.1 Å². The fourth-order valence-electron chi connectivity index (χ4n) is 4.25. The number of rotatable bonds is 6. The number of hydrogen-bond donors (Lipinski definition) is 1. The van der Waals surface area contributed by atoms with Crippen molar-refractivity contribution in [3.05, 3.63) is 33.5 Å². The van der Waals surface area contributed by atoms with Gasteiger partial charge in [0.25, 0.3) is 5.56 Å². The monoisotopic (exact) mass is 484 g/mol. The van der Waals surface area contributed by atoms with Crippen molar-refractivity contribution in [3.8, 4) is 0 Å². The van der Waals surface area contributed by atoms with Gasteiger partial charge in [-0.1, -0.05) is 11.6 Å². The highest BCUT2D eigenvalue weighted by molar-refractivity contribution is 7.89. The number of nitrogens with one attached hydrogen (secondary N) is 1. The van der Waals surface area contributed by atoms with E-state index in [9.17, 15) is 13.2 Å². The summed E-state index contributed by atoms with van der Waals surface area (Å²) in [4.78, 5) is 13.1. The Bertz CT molecular complexity index is 1120. The predicted octanol–water partition coefficient (Wildman–Crippen LogP) is 1.80. The van der Waals surface area contributed by atoms with Crippen LogP contribution in [0.25, 0.3) is 0 Å². The predicted molar refractivity (Wildman–Crippen MR) is 121 cm³/mol. The highest BCUT2D eigenvalue weighted by atomic mass is 35.5. The van der Waals surface area contributed by atoms with E-state index in [1.807, 2.05) is 0 Å². The smallest absolute Gasteiger partial charge is 0.287 e. The fourth-order valence-corrected chi connectivity index (χ4v) is 6.11. The molecule has 2 aromatic heterocycles. The lowest BCUT2D eigenvalue weighted by Crippen LogP contribution is -2.41. The number of hydrogen-bond acceptors (Lipinski definition) is 7. The molecule has 4 heterocycles. The molecule has 0 amide bonds. The standard InChI is InChI=1S/C20H29ClN6O4S/c1-14-18(12-23-25(14)2)32(29,30)26-7-5-16(6-8-26)27-20(28)19(21)17(11-24-27)22-10-15-4-3-9-31-13-15/h11-12,15-16,22H,3-10,13H2,1-2H3/t15-/m1/s1. The molecule has 12 heteroatoms. The van der Waals surface area contributed by atoms with E-state index in [0.717, 1.165) is 19.4 Å². The molecule has 1 atom stereocenters. The molecule has 1 N–H and O–H groups in total. The summed E-state index contributed by atoms with van der Waals surface area (Å²) in [5.41, 5.74) is 0.756. The lowest BCUT2D eigenvalue weighted by Gasteiger charge is -2.31. The summed E-state index contributed by atoms with van der Waals surface area (Å²) in [5.74, 6) is 0.386. The molecule has 0 radical (unpaired) electrons. The SMILES string of the molecule is Cc1c(S(=O)(=O)N2CCC(n3ncc(NC[C@H]4CCCOC4)c(Cl)c3=O)CC2)cnn1C. The number of halogens is 1. The molecule has 4 rings (SSSR count). The minimum atomic E-state index is -3.62. The van der Waals surface area contributed by atoms with Crippen LogP contribution in [0.3, 0.4) is 0 Å². The maximum Gasteiger partial charge on any atom is 0.287 e. The summed E-state index contributed by atoms with van der Waals surface area (Å²) in [6.07, 6.45) is 6.04. The van der Waals surface area contributed by atoms with E-state index < -0.39 is 10.0 Å². The summed E-state index contributed by atoms with van der Waals surface area (Å²) in [7, 11) is -1.91. The highest BCUT2D eigenvalue weighted by Gasteiger charge is 2.33. The van der Waals surface area contributed by atoms with Crippen molar-refractivity contribution in [1.29, 1.82) is 0 Å². The minimum absolute atomic E-state index is 0.109. The Morgan fingerprint density at radius 3 is 2.59 bits per heavy atom. The van der Waals surface area contributed by atoms with Gasteiger partial charge in [-0.3, -0.25) is 9.48 Å². The van der Waals surface area contributed by atoms with E-state index in [1.165, 1.54) is 15.2 Å². The zero-order valence-corrected chi connectivity index (χ0v) is 19.9. The van der Waals surface area contributed by atoms with E-state index in [1.54, 1.807) is 24.9 Å². The number of aromatic nitrogens is 4. The van der Waals surface area contributed by atoms with Crippen molar-refractivity contribution in [2.24, 2.45) is 13.0 Å². The van der Waals surface area contributed by atoms with Gasteiger partial charge in [0.2, 0.25) is 10.0 Å². The van der Waals surface area contributed by atoms with Crippen LogP contribution in [0.4, 0.5) is 5.69 Å². The molecule has 0 aromatic carbocycles. The van der Waals surface area contributed by atoms with Crippen LogP contribution in [-0.4, -0.2) is 65.1 Å². The van der Waals surface area contributed by atoms with Crippen LogP contribution in [0, 0.1) is 12.8 Å². The third kappa shape index (κ3) is 4.57. The fraction of sp³-hybridized carbons (Fsp3) is 0.650. The van der Waals surface area contributed by atoms with Gasteiger partial charge in [0.15, 0.2) is 0 Å². The molecule has 0 aliphatic carbocycles. The first-order chi connectivity index (χ1) is 15.3. The van der Waals surface area contributed by atoms with Gasteiger partial charge in [-0.2, -0.15) is 14.5 Å². The number of ether oxygens (including phenoxy) is 1. The third-order valence-electron chi connectivity index (χ3n) is 6.36. The van der Waals surface area contributed by atoms with Gasteiger partial charge in [0.05, 0.1) is 36.4 Å². The molecular formula is C20H29ClN6O4S. The van der Waals surface area contributed by atoms with Crippen LogP contribution in [0.15, 0.2) is 22.1 Å². The Kier molecular flexibility index (Phi) is 6.89. The van der Waals surface area contributed by atoms with E-state index in [-0.39, 0.29) is 21.5 Å². The molecular weight excluding hydrogens is 456 g/mol. The number of piperidine rings is 1. The summed E-state index contributed by atoms with van der Waals surface area (Å²) in [6, 6.07) is -0.206. The summed E-state index contributed by atoms with van der Waals surface area (Å²) < 4.78 is 35.8. The summed E-state index contributed by atoms with van der Waals surface area (Å²) in [6.45, 7) is 4.51. The van der Waals surface area contributed by atoms with E-state index in [0.29, 0.717) is 56.4 Å². The Hall–Kier alpha value is -1.95. The number of aryl methyl sites for hydroxylation is 1. The van der Waals surface area contributed by atoms with Crippen molar-refractivity contribution < 1.29 is 13.2 Å². The second-order valence-electron chi connectivity index (χ2n) is 8.44. The van der Waals surface area contributed by atoms with Crippen LogP contribution in [-0.2, 0) is 21.8 Å². The molecule has 10 nitrogen and oxygen atoms in total. The van der Waals surface area contributed by atoms with Gasteiger partial charge >= 0.3 is 0 Å². The molecule has 2 aliphatic heterocycles. The van der Waals surface area contributed by atoms with Crippen LogP contribution in [0.2, 0.25) is 5.02 Å². The van der Waals surface area contributed by atoms with Crippen molar-refractivity contribution in [2.45, 2.75) is 43.5 Å². The van der Waals surface area contributed by atoms with Gasteiger partial charge in [-0.15, -0.1) is 0 Å². The van der Waals surface area contributed by atoms with Crippen molar-refractivity contribution in [3.63, 3.8) is 0 Å². The molecule has 2 aromatic rings. The summed E-state index contributed by atoms with van der Waals surface area (Å²) >= 11 is 6.35. The molecule has 32 heavy (non-hydrogen) atoms. The first kappa shape index (κ1) is 23.2. The van der Waals surface area contributed by atoms with Gasteiger partial charge in [0.1, 0.15) is 9.92 Å². The van der Waals surface area contributed by atoms with Crippen molar-refractivity contribution in [1.82, 2.24) is 23.9 Å².